The van der Waals surface area contributed by atoms with Crippen LogP contribution in [0.3, 0.4) is 0 Å². The van der Waals surface area contributed by atoms with Gasteiger partial charge in [-0.25, -0.2) is 0 Å². The zero-order chi connectivity index (χ0) is 12.1. The van der Waals surface area contributed by atoms with Crippen molar-refractivity contribution in [1.29, 1.82) is 0 Å². The third-order valence-corrected chi connectivity index (χ3v) is 2.15. The Balaban J connectivity index is 2.04. The molecular weight excluding hydrogens is 222 g/mol. The minimum Gasteiger partial charge on any atom is -0.386 e. The minimum absolute atomic E-state index is 0.221. The van der Waals surface area contributed by atoms with E-state index in [0.29, 0.717) is 17.1 Å². The van der Waals surface area contributed by atoms with Gasteiger partial charge in [-0.1, -0.05) is 5.16 Å². The zero-order valence-electron chi connectivity index (χ0n) is 9.17. The topological polar surface area (TPSA) is 92.9 Å². The fraction of sp³-hybridized carbons (Fsp3) is 0.200. The molecule has 2 heterocycles. The van der Waals surface area contributed by atoms with E-state index < -0.39 is 0 Å². The zero-order valence-corrected chi connectivity index (χ0v) is 9.17. The average molecular weight is 233 g/mol. The van der Waals surface area contributed by atoms with Gasteiger partial charge < -0.3 is 15.2 Å². The minimum atomic E-state index is -0.221. The van der Waals surface area contributed by atoms with Crippen LogP contribution in [0.25, 0.3) is 0 Å². The first-order valence-corrected chi connectivity index (χ1v) is 4.96. The van der Waals surface area contributed by atoms with Crippen molar-refractivity contribution in [2.24, 2.45) is 0 Å². The largest absolute Gasteiger partial charge is 0.386 e. The van der Waals surface area contributed by atoms with Crippen molar-refractivity contribution >= 4 is 11.6 Å². The molecule has 0 aliphatic rings. The molecule has 2 aromatic heterocycles. The Morgan fingerprint density at radius 2 is 2.41 bits per heavy atom. The Labute approximate surface area is 97.2 Å². The number of nitrogens with zero attached hydrogens (tertiary/aromatic N) is 3. The van der Waals surface area contributed by atoms with Crippen molar-refractivity contribution < 1.29 is 9.32 Å². The summed E-state index contributed by atoms with van der Waals surface area (Å²) in [6.45, 7) is 0.223. The standard InChI is InChI=1S/C10H11N5O2/c1-11-8-4-12-3-2-7(8)10(16)13-5-9-14-6-17-15-9/h2-4,6,11H,5H2,1H3,(H,13,16). The van der Waals surface area contributed by atoms with Crippen LogP contribution < -0.4 is 10.6 Å². The molecular formula is C10H11N5O2. The van der Waals surface area contributed by atoms with Crippen molar-refractivity contribution in [3.05, 3.63) is 36.2 Å². The van der Waals surface area contributed by atoms with E-state index in [1.54, 1.807) is 25.5 Å². The molecule has 17 heavy (non-hydrogen) atoms. The van der Waals surface area contributed by atoms with Gasteiger partial charge in [-0.3, -0.25) is 9.78 Å². The van der Waals surface area contributed by atoms with Crippen molar-refractivity contribution in [3.8, 4) is 0 Å². The van der Waals surface area contributed by atoms with Crippen LogP contribution in [-0.4, -0.2) is 28.1 Å². The maximum atomic E-state index is 11.9. The number of amides is 1. The second kappa shape index (κ2) is 5.06. The molecule has 2 N–H and O–H groups in total. The molecule has 1 amide bonds. The second-order valence-electron chi connectivity index (χ2n) is 3.20. The van der Waals surface area contributed by atoms with Crippen molar-refractivity contribution in [1.82, 2.24) is 20.4 Å². The van der Waals surface area contributed by atoms with E-state index >= 15 is 0 Å². The van der Waals surface area contributed by atoms with Gasteiger partial charge in [0.25, 0.3) is 5.91 Å². The van der Waals surface area contributed by atoms with Gasteiger partial charge in [-0.15, -0.1) is 0 Å². The van der Waals surface area contributed by atoms with Crippen LogP contribution in [0.5, 0.6) is 0 Å². The van der Waals surface area contributed by atoms with E-state index in [1.165, 1.54) is 6.39 Å². The van der Waals surface area contributed by atoms with Crippen LogP contribution in [0.1, 0.15) is 16.2 Å². The molecule has 0 atom stereocenters. The summed E-state index contributed by atoms with van der Waals surface area (Å²) in [5.41, 5.74) is 1.18. The Kier molecular flexibility index (Phi) is 3.29. The number of carbonyl (C=O) groups excluding carboxylic acids is 1. The Hall–Kier alpha value is -2.44. The van der Waals surface area contributed by atoms with E-state index in [4.69, 9.17) is 0 Å². The SMILES string of the molecule is CNc1cnccc1C(=O)NCc1ncon1. The van der Waals surface area contributed by atoms with Crippen LogP contribution in [0.2, 0.25) is 0 Å². The summed E-state index contributed by atoms with van der Waals surface area (Å²) in [4.78, 5) is 19.6. The summed E-state index contributed by atoms with van der Waals surface area (Å²) in [7, 11) is 1.73. The molecule has 0 bridgehead atoms. The third-order valence-electron chi connectivity index (χ3n) is 2.15. The molecule has 7 heteroatoms. The van der Waals surface area contributed by atoms with E-state index in [1.807, 2.05) is 0 Å². The number of hydrogen-bond donors (Lipinski definition) is 2. The predicted molar refractivity (Wildman–Crippen MR) is 59.3 cm³/mol. The highest BCUT2D eigenvalue weighted by atomic mass is 16.5. The Bertz CT molecular complexity index is 497. The van der Waals surface area contributed by atoms with Gasteiger partial charge in [0.1, 0.15) is 0 Å². The Morgan fingerprint density at radius 1 is 1.53 bits per heavy atom. The van der Waals surface area contributed by atoms with Gasteiger partial charge in [0.15, 0.2) is 5.82 Å². The number of aromatic nitrogens is 3. The molecule has 0 saturated carbocycles. The number of rotatable bonds is 4. The molecule has 7 nitrogen and oxygen atoms in total. The molecule has 2 rings (SSSR count). The first-order chi connectivity index (χ1) is 8.31. The van der Waals surface area contributed by atoms with Gasteiger partial charge in [0.05, 0.1) is 24.0 Å². The molecule has 0 spiro atoms. The summed E-state index contributed by atoms with van der Waals surface area (Å²) < 4.78 is 4.56. The van der Waals surface area contributed by atoms with Crippen LogP contribution in [-0.2, 0) is 6.54 Å². The lowest BCUT2D eigenvalue weighted by atomic mass is 10.2. The van der Waals surface area contributed by atoms with Gasteiger partial charge in [0.2, 0.25) is 6.39 Å². The number of anilines is 1. The molecule has 0 saturated heterocycles. The van der Waals surface area contributed by atoms with Gasteiger partial charge in [-0.05, 0) is 6.07 Å². The molecule has 0 aliphatic heterocycles. The maximum Gasteiger partial charge on any atom is 0.253 e. The monoisotopic (exact) mass is 233 g/mol. The number of hydrogen-bond acceptors (Lipinski definition) is 6. The first kappa shape index (κ1) is 11.1. The fourth-order valence-electron chi connectivity index (χ4n) is 1.32. The maximum absolute atomic E-state index is 11.9. The Morgan fingerprint density at radius 3 is 3.12 bits per heavy atom. The number of carbonyl (C=O) groups is 1. The lowest BCUT2D eigenvalue weighted by Crippen LogP contribution is -2.24. The number of nitrogens with one attached hydrogen (secondary N) is 2. The van der Waals surface area contributed by atoms with Gasteiger partial charge in [-0.2, -0.15) is 4.98 Å². The van der Waals surface area contributed by atoms with Crippen molar-refractivity contribution in [3.63, 3.8) is 0 Å². The lowest BCUT2D eigenvalue weighted by Gasteiger charge is -2.07. The van der Waals surface area contributed by atoms with E-state index in [0.717, 1.165) is 0 Å². The molecule has 0 fully saturated rings. The van der Waals surface area contributed by atoms with Gasteiger partial charge in [0, 0.05) is 13.2 Å². The van der Waals surface area contributed by atoms with Crippen LogP contribution in [0.15, 0.2) is 29.4 Å². The quantitative estimate of drug-likeness (QED) is 0.795. The van der Waals surface area contributed by atoms with E-state index in [9.17, 15) is 4.79 Å². The van der Waals surface area contributed by atoms with Crippen LogP contribution in [0.4, 0.5) is 5.69 Å². The summed E-state index contributed by atoms with van der Waals surface area (Å²) in [5.74, 6) is 0.208. The molecule has 88 valence electrons. The molecule has 2 aromatic rings. The normalized spacial score (nSPS) is 9.94. The second-order valence-corrected chi connectivity index (χ2v) is 3.20. The van der Waals surface area contributed by atoms with E-state index in [-0.39, 0.29) is 12.5 Å². The highest BCUT2D eigenvalue weighted by molar-refractivity contribution is 5.99. The first-order valence-electron chi connectivity index (χ1n) is 4.96. The van der Waals surface area contributed by atoms with Crippen LogP contribution >= 0.6 is 0 Å². The molecule has 0 radical (unpaired) electrons. The van der Waals surface area contributed by atoms with Gasteiger partial charge >= 0.3 is 0 Å². The van der Waals surface area contributed by atoms with Crippen molar-refractivity contribution in [2.45, 2.75) is 6.54 Å². The highest BCUT2D eigenvalue weighted by Gasteiger charge is 2.10. The summed E-state index contributed by atoms with van der Waals surface area (Å²) in [6, 6.07) is 1.64. The molecule has 0 aliphatic carbocycles. The highest BCUT2D eigenvalue weighted by Crippen LogP contribution is 2.11. The van der Waals surface area contributed by atoms with Crippen molar-refractivity contribution in [2.75, 3.05) is 12.4 Å². The summed E-state index contributed by atoms with van der Waals surface area (Å²) in [6.07, 6.45) is 4.36. The summed E-state index contributed by atoms with van der Waals surface area (Å²) >= 11 is 0. The fourth-order valence-corrected chi connectivity index (χ4v) is 1.32. The lowest BCUT2D eigenvalue weighted by molar-refractivity contribution is 0.0950. The number of pyridine rings is 1. The molecule has 0 aromatic carbocycles. The third kappa shape index (κ3) is 2.57. The average Bonchev–Trinajstić information content (AvgIpc) is 2.89. The summed E-state index contributed by atoms with van der Waals surface area (Å²) in [5, 5.41) is 9.18. The van der Waals surface area contributed by atoms with Crippen LogP contribution in [0, 0.1) is 0 Å². The van der Waals surface area contributed by atoms with E-state index in [2.05, 4.69) is 30.3 Å². The predicted octanol–water partition coefficient (Wildman–Crippen LogP) is 0.436. The smallest absolute Gasteiger partial charge is 0.253 e. The molecule has 0 unspecified atom stereocenters.